The molecule has 1 N–H and O–H groups in total. The minimum Gasteiger partial charge on any atom is -0.444 e. The lowest BCUT2D eigenvalue weighted by Crippen LogP contribution is -2.28. The Morgan fingerprint density at radius 2 is 2.36 bits per heavy atom. The Morgan fingerprint density at radius 1 is 1.64 bits per heavy atom. The molecule has 1 rings (SSSR count). The number of aryl methyl sites for hydroxylation is 1. The van der Waals surface area contributed by atoms with Gasteiger partial charge >= 0.3 is 0 Å². The van der Waals surface area contributed by atoms with E-state index in [4.69, 9.17) is 9.68 Å². The fourth-order valence-electron chi connectivity index (χ4n) is 1.27. The predicted octanol–water partition coefficient (Wildman–Crippen LogP) is 1.94. The lowest BCUT2D eigenvalue weighted by molar-refractivity contribution is 0.378. The van der Waals surface area contributed by atoms with Crippen LogP contribution in [0, 0.1) is 18.3 Å². The highest BCUT2D eigenvalue weighted by Crippen LogP contribution is 2.12. The average molecular weight is 193 g/mol. The van der Waals surface area contributed by atoms with Crippen molar-refractivity contribution in [1.29, 1.82) is 5.26 Å². The molecule has 0 fully saturated rings. The van der Waals surface area contributed by atoms with Crippen LogP contribution in [0.1, 0.15) is 38.0 Å². The molecule has 1 heterocycles. The van der Waals surface area contributed by atoms with Crippen molar-refractivity contribution in [2.24, 2.45) is 0 Å². The first-order chi connectivity index (χ1) is 6.63. The minimum atomic E-state index is 0.0482. The van der Waals surface area contributed by atoms with Gasteiger partial charge in [0.25, 0.3) is 0 Å². The maximum absolute atomic E-state index is 8.50. The zero-order chi connectivity index (χ0) is 10.6. The molecule has 4 heteroatoms. The van der Waals surface area contributed by atoms with Crippen LogP contribution in [0.2, 0.25) is 0 Å². The van der Waals surface area contributed by atoms with Crippen LogP contribution in [-0.2, 0) is 0 Å². The standard InChI is InChI=1S/C10H15N3O/c1-7(4-5-11)13-9(3)10-12-6-8(2)14-10/h6-7,9,13H,4H2,1-3H3. The molecule has 0 saturated carbocycles. The monoisotopic (exact) mass is 193 g/mol. The van der Waals surface area contributed by atoms with E-state index in [1.807, 2.05) is 20.8 Å². The SMILES string of the molecule is Cc1cnc(C(C)NC(C)CC#N)o1. The van der Waals surface area contributed by atoms with E-state index in [1.165, 1.54) is 0 Å². The first kappa shape index (κ1) is 10.7. The van der Waals surface area contributed by atoms with Gasteiger partial charge in [0.2, 0.25) is 5.89 Å². The summed E-state index contributed by atoms with van der Waals surface area (Å²) < 4.78 is 5.37. The maximum Gasteiger partial charge on any atom is 0.211 e. The van der Waals surface area contributed by atoms with Crippen molar-refractivity contribution in [2.75, 3.05) is 0 Å². The van der Waals surface area contributed by atoms with Crippen LogP contribution in [0.3, 0.4) is 0 Å². The van der Waals surface area contributed by atoms with Gasteiger partial charge in [-0.15, -0.1) is 0 Å². The number of hydrogen-bond donors (Lipinski definition) is 1. The first-order valence-corrected chi connectivity index (χ1v) is 4.68. The van der Waals surface area contributed by atoms with Crippen molar-refractivity contribution in [3.05, 3.63) is 17.8 Å². The Labute approximate surface area is 83.9 Å². The normalized spacial score (nSPS) is 14.7. The molecule has 2 atom stereocenters. The Bertz CT molecular complexity index is 326. The lowest BCUT2D eigenvalue weighted by atomic mass is 10.2. The number of hydrogen-bond acceptors (Lipinski definition) is 4. The van der Waals surface area contributed by atoms with Crippen LogP contribution in [-0.4, -0.2) is 11.0 Å². The Morgan fingerprint density at radius 3 is 2.86 bits per heavy atom. The highest BCUT2D eigenvalue weighted by molar-refractivity contribution is 4.95. The average Bonchev–Trinajstić information content (AvgIpc) is 2.52. The molecule has 0 aliphatic carbocycles. The highest BCUT2D eigenvalue weighted by atomic mass is 16.4. The lowest BCUT2D eigenvalue weighted by Gasteiger charge is -2.14. The summed E-state index contributed by atoms with van der Waals surface area (Å²) in [6, 6.07) is 2.32. The van der Waals surface area contributed by atoms with Gasteiger partial charge in [-0.1, -0.05) is 0 Å². The van der Waals surface area contributed by atoms with Crippen LogP contribution < -0.4 is 5.32 Å². The molecule has 1 aromatic heterocycles. The summed E-state index contributed by atoms with van der Waals surface area (Å²) in [5.41, 5.74) is 0. The number of oxazole rings is 1. The first-order valence-electron chi connectivity index (χ1n) is 4.68. The number of nitriles is 1. The molecular formula is C10H15N3O. The fourth-order valence-corrected chi connectivity index (χ4v) is 1.27. The van der Waals surface area contributed by atoms with Crippen molar-refractivity contribution in [1.82, 2.24) is 10.3 Å². The van der Waals surface area contributed by atoms with Crippen molar-refractivity contribution in [3.8, 4) is 6.07 Å². The van der Waals surface area contributed by atoms with Gasteiger partial charge in [-0.05, 0) is 20.8 Å². The van der Waals surface area contributed by atoms with Crippen molar-refractivity contribution < 1.29 is 4.42 Å². The third-order valence-electron chi connectivity index (χ3n) is 1.94. The van der Waals surface area contributed by atoms with Crippen LogP contribution in [0.25, 0.3) is 0 Å². The molecule has 0 bridgehead atoms. The number of nitrogens with zero attached hydrogens (tertiary/aromatic N) is 2. The quantitative estimate of drug-likeness (QED) is 0.793. The Hall–Kier alpha value is -1.34. The zero-order valence-corrected chi connectivity index (χ0v) is 8.74. The van der Waals surface area contributed by atoms with Gasteiger partial charge in [0.1, 0.15) is 5.76 Å². The molecule has 2 unspecified atom stereocenters. The number of nitrogens with one attached hydrogen (secondary N) is 1. The van der Waals surface area contributed by atoms with Gasteiger partial charge in [0.05, 0.1) is 24.7 Å². The highest BCUT2D eigenvalue weighted by Gasteiger charge is 2.13. The molecule has 0 aromatic carbocycles. The van der Waals surface area contributed by atoms with E-state index in [2.05, 4.69) is 16.4 Å². The van der Waals surface area contributed by atoms with Crippen LogP contribution in [0.4, 0.5) is 0 Å². The molecule has 4 nitrogen and oxygen atoms in total. The summed E-state index contributed by atoms with van der Waals surface area (Å²) in [6.07, 6.45) is 2.19. The molecule has 76 valence electrons. The van der Waals surface area contributed by atoms with Gasteiger partial charge in [-0.25, -0.2) is 4.98 Å². The van der Waals surface area contributed by atoms with Gasteiger partial charge in [0, 0.05) is 6.04 Å². The summed E-state index contributed by atoms with van der Waals surface area (Å²) in [4.78, 5) is 4.12. The molecule has 0 amide bonds. The largest absolute Gasteiger partial charge is 0.444 e. The maximum atomic E-state index is 8.50. The van der Waals surface area contributed by atoms with Gasteiger partial charge in [0.15, 0.2) is 0 Å². The summed E-state index contributed by atoms with van der Waals surface area (Å²) in [7, 11) is 0. The molecular weight excluding hydrogens is 178 g/mol. The molecule has 0 radical (unpaired) electrons. The smallest absolute Gasteiger partial charge is 0.211 e. The Balaban J connectivity index is 2.50. The van der Waals surface area contributed by atoms with Crippen molar-refractivity contribution >= 4 is 0 Å². The van der Waals surface area contributed by atoms with Gasteiger partial charge in [-0.2, -0.15) is 5.26 Å². The topological polar surface area (TPSA) is 61.9 Å². The second-order valence-electron chi connectivity index (χ2n) is 3.46. The molecule has 14 heavy (non-hydrogen) atoms. The number of rotatable bonds is 4. The minimum absolute atomic E-state index is 0.0482. The van der Waals surface area contributed by atoms with Gasteiger partial charge in [-0.3, -0.25) is 0 Å². The van der Waals surface area contributed by atoms with Gasteiger partial charge < -0.3 is 9.73 Å². The van der Waals surface area contributed by atoms with E-state index >= 15 is 0 Å². The van der Waals surface area contributed by atoms with Crippen LogP contribution >= 0.6 is 0 Å². The van der Waals surface area contributed by atoms with E-state index < -0.39 is 0 Å². The van der Waals surface area contributed by atoms with E-state index in [0.29, 0.717) is 12.3 Å². The van der Waals surface area contributed by atoms with Crippen molar-refractivity contribution in [2.45, 2.75) is 39.3 Å². The van der Waals surface area contributed by atoms with E-state index in [9.17, 15) is 0 Å². The fraction of sp³-hybridized carbons (Fsp3) is 0.600. The van der Waals surface area contributed by atoms with E-state index in [1.54, 1.807) is 6.20 Å². The van der Waals surface area contributed by atoms with E-state index in [0.717, 1.165) is 5.76 Å². The molecule has 0 saturated heterocycles. The molecule has 0 aliphatic heterocycles. The molecule has 1 aromatic rings. The molecule has 0 aliphatic rings. The molecule has 0 spiro atoms. The third kappa shape index (κ3) is 2.86. The van der Waals surface area contributed by atoms with Crippen LogP contribution in [0.15, 0.2) is 10.6 Å². The third-order valence-corrected chi connectivity index (χ3v) is 1.94. The summed E-state index contributed by atoms with van der Waals surface area (Å²) in [6.45, 7) is 5.80. The summed E-state index contributed by atoms with van der Waals surface area (Å²) in [5, 5.41) is 11.7. The predicted molar refractivity (Wildman–Crippen MR) is 52.5 cm³/mol. The van der Waals surface area contributed by atoms with Crippen LogP contribution in [0.5, 0.6) is 0 Å². The summed E-state index contributed by atoms with van der Waals surface area (Å²) >= 11 is 0. The second-order valence-corrected chi connectivity index (χ2v) is 3.46. The summed E-state index contributed by atoms with van der Waals surface area (Å²) in [5.74, 6) is 1.48. The van der Waals surface area contributed by atoms with E-state index in [-0.39, 0.29) is 12.1 Å². The second kappa shape index (κ2) is 4.77. The van der Waals surface area contributed by atoms with Crippen molar-refractivity contribution in [3.63, 3.8) is 0 Å². The zero-order valence-electron chi connectivity index (χ0n) is 8.74. The number of aromatic nitrogens is 1. The Kier molecular flexibility index (Phi) is 3.66.